The van der Waals surface area contributed by atoms with Crippen LogP contribution in [0.5, 0.6) is 0 Å². The molecule has 1 heterocycles. The summed E-state index contributed by atoms with van der Waals surface area (Å²) in [6, 6.07) is 9.51. The molecule has 3 rings (SSSR count). The van der Waals surface area contributed by atoms with E-state index < -0.39 is 0 Å². The standard InChI is InChI=1S/C21H32N6/c1-5-17-10-12-18(13-11-17)15(2)23-21(24-19-8-6-7-9-19)22-14-20-26-25-16(3)27(20)4/h10-13,15,19H,5-9,14H2,1-4H3,(H2,22,23,24). The average Bonchev–Trinajstić information content (AvgIpc) is 3.30. The lowest BCUT2D eigenvalue weighted by Gasteiger charge is -2.22. The molecule has 0 saturated heterocycles. The molecule has 1 aromatic heterocycles. The number of aliphatic imine (C=N–C) groups is 1. The summed E-state index contributed by atoms with van der Waals surface area (Å²) in [6.07, 6.45) is 6.07. The number of benzene rings is 1. The molecule has 0 bridgehead atoms. The van der Waals surface area contributed by atoms with Gasteiger partial charge >= 0.3 is 0 Å². The van der Waals surface area contributed by atoms with E-state index in [1.165, 1.54) is 36.8 Å². The second-order valence-corrected chi connectivity index (χ2v) is 7.47. The molecule has 1 atom stereocenters. The fraction of sp³-hybridized carbons (Fsp3) is 0.571. The van der Waals surface area contributed by atoms with Crippen molar-refractivity contribution in [2.24, 2.45) is 12.0 Å². The predicted octanol–water partition coefficient (Wildman–Crippen LogP) is 3.42. The highest BCUT2D eigenvalue weighted by molar-refractivity contribution is 5.80. The Bertz CT molecular complexity index is 755. The molecule has 1 aromatic carbocycles. The molecule has 0 radical (unpaired) electrons. The summed E-state index contributed by atoms with van der Waals surface area (Å²) >= 11 is 0. The van der Waals surface area contributed by atoms with Crippen molar-refractivity contribution in [3.8, 4) is 0 Å². The van der Waals surface area contributed by atoms with Gasteiger partial charge in [-0.15, -0.1) is 10.2 Å². The fourth-order valence-corrected chi connectivity index (χ4v) is 3.47. The zero-order valence-electron chi connectivity index (χ0n) is 17.0. The van der Waals surface area contributed by atoms with Gasteiger partial charge < -0.3 is 15.2 Å². The lowest BCUT2D eigenvalue weighted by molar-refractivity contribution is 0.592. The zero-order chi connectivity index (χ0) is 19.2. The van der Waals surface area contributed by atoms with Crippen molar-refractivity contribution in [1.29, 1.82) is 0 Å². The van der Waals surface area contributed by atoms with E-state index >= 15 is 0 Å². The van der Waals surface area contributed by atoms with Crippen molar-refractivity contribution in [2.45, 2.75) is 71.5 Å². The SMILES string of the molecule is CCc1ccc(C(C)NC(=NCc2nnc(C)n2C)NC2CCCC2)cc1. The van der Waals surface area contributed by atoms with Gasteiger partial charge in [-0.2, -0.15) is 0 Å². The summed E-state index contributed by atoms with van der Waals surface area (Å²) in [6.45, 7) is 6.83. The second-order valence-electron chi connectivity index (χ2n) is 7.47. The first-order valence-corrected chi connectivity index (χ1v) is 10.1. The van der Waals surface area contributed by atoms with E-state index in [9.17, 15) is 0 Å². The summed E-state index contributed by atoms with van der Waals surface area (Å²) in [5.74, 6) is 2.64. The Balaban J connectivity index is 1.71. The molecule has 1 aliphatic carbocycles. The smallest absolute Gasteiger partial charge is 0.192 e. The third kappa shape index (κ3) is 5.08. The molecule has 0 amide bonds. The minimum atomic E-state index is 0.185. The Morgan fingerprint density at radius 3 is 2.52 bits per heavy atom. The first-order chi connectivity index (χ1) is 13.1. The van der Waals surface area contributed by atoms with E-state index in [0.717, 1.165) is 24.0 Å². The zero-order valence-corrected chi connectivity index (χ0v) is 17.0. The van der Waals surface area contributed by atoms with E-state index in [1.54, 1.807) is 0 Å². The molecular weight excluding hydrogens is 336 g/mol. The Kier molecular flexibility index (Phi) is 6.48. The van der Waals surface area contributed by atoms with Gasteiger partial charge in [0, 0.05) is 13.1 Å². The molecule has 0 aliphatic heterocycles. The fourth-order valence-electron chi connectivity index (χ4n) is 3.47. The van der Waals surface area contributed by atoms with Gasteiger partial charge in [-0.3, -0.25) is 0 Å². The van der Waals surface area contributed by atoms with Crippen LogP contribution in [0.15, 0.2) is 29.3 Å². The number of aryl methyl sites for hydroxylation is 2. The molecule has 0 spiro atoms. The lowest BCUT2D eigenvalue weighted by atomic mass is 10.1. The third-order valence-electron chi connectivity index (χ3n) is 5.50. The molecule has 146 valence electrons. The summed E-state index contributed by atoms with van der Waals surface area (Å²) in [5.41, 5.74) is 2.63. The van der Waals surface area contributed by atoms with Crippen LogP contribution in [0, 0.1) is 6.92 Å². The van der Waals surface area contributed by atoms with Crippen LogP contribution in [0.3, 0.4) is 0 Å². The van der Waals surface area contributed by atoms with Gasteiger partial charge in [-0.05, 0) is 44.2 Å². The summed E-state index contributed by atoms with van der Waals surface area (Å²) in [7, 11) is 1.98. The lowest BCUT2D eigenvalue weighted by Crippen LogP contribution is -2.43. The molecule has 1 unspecified atom stereocenters. The van der Waals surface area contributed by atoms with E-state index in [-0.39, 0.29) is 6.04 Å². The summed E-state index contributed by atoms with van der Waals surface area (Å²) < 4.78 is 1.99. The van der Waals surface area contributed by atoms with Crippen molar-refractivity contribution in [3.05, 3.63) is 47.0 Å². The first-order valence-electron chi connectivity index (χ1n) is 10.1. The monoisotopic (exact) mass is 368 g/mol. The van der Waals surface area contributed by atoms with E-state index in [4.69, 9.17) is 4.99 Å². The quantitative estimate of drug-likeness (QED) is 0.606. The molecule has 1 saturated carbocycles. The van der Waals surface area contributed by atoms with Gasteiger partial charge in [0.2, 0.25) is 0 Å². The molecule has 6 nitrogen and oxygen atoms in total. The van der Waals surface area contributed by atoms with Crippen molar-refractivity contribution < 1.29 is 0 Å². The Morgan fingerprint density at radius 1 is 1.22 bits per heavy atom. The maximum atomic E-state index is 4.80. The van der Waals surface area contributed by atoms with Crippen molar-refractivity contribution in [2.75, 3.05) is 0 Å². The molecule has 27 heavy (non-hydrogen) atoms. The number of hydrogen-bond acceptors (Lipinski definition) is 3. The molecular formula is C21H32N6. The average molecular weight is 369 g/mol. The van der Waals surface area contributed by atoms with Crippen molar-refractivity contribution >= 4 is 5.96 Å². The summed E-state index contributed by atoms with van der Waals surface area (Å²) in [5, 5.41) is 15.5. The van der Waals surface area contributed by atoms with Crippen LogP contribution in [0.4, 0.5) is 0 Å². The van der Waals surface area contributed by atoms with Gasteiger partial charge in [0.1, 0.15) is 12.4 Å². The Labute approximate surface area is 162 Å². The van der Waals surface area contributed by atoms with Crippen LogP contribution in [0.25, 0.3) is 0 Å². The van der Waals surface area contributed by atoms with Gasteiger partial charge in [0.05, 0.1) is 6.04 Å². The number of guanidine groups is 1. The Hall–Kier alpha value is -2.37. The molecule has 6 heteroatoms. The van der Waals surface area contributed by atoms with Crippen LogP contribution in [-0.2, 0) is 20.0 Å². The number of hydrogen-bond donors (Lipinski definition) is 2. The number of nitrogens with zero attached hydrogens (tertiary/aromatic N) is 4. The second kappa shape index (κ2) is 9.02. The van der Waals surface area contributed by atoms with Crippen molar-refractivity contribution in [1.82, 2.24) is 25.4 Å². The highest BCUT2D eigenvalue weighted by Crippen LogP contribution is 2.18. The maximum absolute atomic E-state index is 4.80. The molecule has 1 fully saturated rings. The highest BCUT2D eigenvalue weighted by atomic mass is 15.3. The highest BCUT2D eigenvalue weighted by Gasteiger charge is 2.18. The predicted molar refractivity (Wildman–Crippen MR) is 110 cm³/mol. The molecule has 2 N–H and O–H groups in total. The number of aromatic nitrogens is 3. The van der Waals surface area contributed by atoms with Gasteiger partial charge in [0.15, 0.2) is 11.8 Å². The van der Waals surface area contributed by atoms with E-state index in [0.29, 0.717) is 12.6 Å². The van der Waals surface area contributed by atoms with Crippen LogP contribution >= 0.6 is 0 Å². The third-order valence-corrected chi connectivity index (χ3v) is 5.50. The van der Waals surface area contributed by atoms with Crippen LogP contribution < -0.4 is 10.6 Å². The summed E-state index contributed by atoms with van der Waals surface area (Å²) in [4.78, 5) is 4.80. The number of nitrogens with one attached hydrogen (secondary N) is 2. The van der Waals surface area contributed by atoms with Gasteiger partial charge in [0.25, 0.3) is 0 Å². The van der Waals surface area contributed by atoms with Crippen LogP contribution in [0.2, 0.25) is 0 Å². The van der Waals surface area contributed by atoms with Crippen molar-refractivity contribution in [3.63, 3.8) is 0 Å². The van der Waals surface area contributed by atoms with Gasteiger partial charge in [-0.25, -0.2) is 4.99 Å². The largest absolute Gasteiger partial charge is 0.354 e. The van der Waals surface area contributed by atoms with E-state index in [1.807, 2.05) is 18.5 Å². The van der Waals surface area contributed by atoms with Crippen LogP contribution in [-0.4, -0.2) is 26.8 Å². The molecule has 2 aromatic rings. The normalized spacial score (nSPS) is 16.5. The molecule has 1 aliphatic rings. The topological polar surface area (TPSA) is 67.1 Å². The Morgan fingerprint density at radius 2 is 1.93 bits per heavy atom. The van der Waals surface area contributed by atoms with Gasteiger partial charge in [-0.1, -0.05) is 44.0 Å². The van der Waals surface area contributed by atoms with Crippen LogP contribution in [0.1, 0.15) is 68.3 Å². The number of rotatable bonds is 6. The first kappa shape index (κ1) is 19.4. The minimum Gasteiger partial charge on any atom is -0.354 e. The maximum Gasteiger partial charge on any atom is 0.192 e. The minimum absolute atomic E-state index is 0.185. The van der Waals surface area contributed by atoms with E-state index in [2.05, 4.69) is 58.9 Å².